The van der Waals surface area contributed by atoms with Gasteiger partial charge in [0.1, 0.15) is 11.9 Å². The van der Waals surface area contributed by atoms with E-state index in [-0.39, 0.29) is 18.2 Å². The number of halogens is 2. The Morgan fingerprint density at radius 1 is 1.17 bits per heavy atom. The summed E-state index contributed by atoms with van der Waals surface area (Å²) in [6.45, 7) is 2.00. The molecule has 0 fully saturated rings. The highest BCUT2D eigenvalue weighted by molar-refractivity contribution is 6.31. The molecular formula is C21H18Cl2N4O2. The number of hydrogen-bond acceptors (Lipinski definition) is 3. The first kappa shape index (κ1) is 19.5. The van der Waals surface area contributed by atoms with Crippen LogP contribution in [0.1, 0.15) is 25.1 Å². The number of anilines is 2. The van der Waals surface area contributed by atoms with E-state index in [1.165, 1.54) is 0 Å². The molecule has 0 saturated carbocycles. The van der Waals surface area contributed by atoms with Crippen LogP contribution in [0.4, 0.5) is 11.5 Å². The lowest BCUT2D eigenvalue weighted by molar-refractivity contribution is -0.123. The number of carbonyl (C=O) groups is 2. The second-order valence-electron chi connectivity index (χ2n) is 6.74. The summed E-state index contributed by atoms with van der Waals surface area (Å²) in [7, 11) is 0. The molecule has 0 aliphatic carbocycles. The van der Waals surface area contributed by atoms with Gasteiger partial charge in [-0.3, -0.25) is 9.59 Å². The van der Waals surface area contributed by atoms with Gasteiger partial charge in [0, 0.05) is 21.3 Å². The van der Waals surface area contributed by atoms with Gasteiger partial charge in [0.05, 0.1) is 12.1 Å². The predicted octanol–water partition coefficient (Wildman–Crippen LogP) is 4.94. The first-order valence-corrected chi connectivity index (χ1v) is 9.95. The van der Waals surface area contributed by atoms with E-state index in [0.29, 0.717) is 28.0 Å². The summed E-state index contributed by atoms with van der Waals surface area (Å²) in [4.78, 5) is 25.1. The summed E-state index contributed by atoms with van der Waals surface area (Å²) in [6, 6.07) is 13.5. The molecule has 4 rings (SSSR count). The zero-order chi connectivity index (χ0) is 20.5. The molecule has 0 bridgehead atoms. The minimum Gasteiger partial charge on any atom is -0.326 e. The SMILES string of the molecule is CCc1nn2c(c1-c1cccc(Cl)c1)NC(=O)C2CC(=O)Nc1ccc(Cl)cc1. The van der Waals surface area contributed by atoms with Crippen molar-refractivity contribution in [2.75, 3.05) is 10.6 Å². The summed E-state index contributed by atoms with van der Waals surface area (Å²) < 4.78 is 1.61. The van der Waals surface area contributed by atoms with Crippen LogP contribution in [-0.2, 0) is 16.0 Å². The van der Waals surface area contributed by atoms with Gasteiger partial charge in [0.25, 0.3) is 5.91 Å². The first-order valence-electron chi connectivity index (χ1n) is 9.20. The molecule has 1 unspecified atom stereocenters. The number of aromatic nitrogens is 2. The smallest absolute Gasteiger partial charge is 0.251 e. The Kier molecular flexibility index (Phi) is 5.30. The molecule has 2 N–H and O–H groups in total. The van der Waals surface area contributed by atoms with Crippen molar-refractivity contribution in [3.63, 3.8) is 0 Å². The summed E-state index contributed by atoms with van der Waals surface area (Å²) in [5.74, 6) is 0.0567. The predicted molar refractivity (Wildman–Crippen MR) is 114 cm³/mol. The maximum Gasteiger partial charge on any atom is 0.251 e. The molecule has 29 heavy (non-hydrogen) atoms. The molecular weight excluding hydrogens is 411 g/mol. The Labute approximate surface area is 177 Å². The van der Waals surface area contributed by atoms with E-state index in [0.717, 1.165) is 16.8 Å². The molecule has 1 atom stereocenters. The van der Waals surface area contributed by atoms with E-state index in [1.807, 2.05) is 25.1 Å². The highest BCUT2D eigenvalue weighted by Crippen LogP contribution is 2.39. The number of aryl methyl sites for hydroxylation is 1. The van der Waals surface area contributed by atoms with Gasteiger partial charge in [0.2, 0.25) is 5.91 Å². The lowest BCUT2D eigenvalue weighted by Crippen LogP contribution is -2.23. The van der Waals surface area contributed by atoms with E-state index in [2.05, 4.69) is 15.7 Å². The highest BCUT2D eigenvalue weighted by atomic mass is 35.5. The quantitative estimate of drug-likeness (QED) is 0.603. The van der Waals surface area contributed by atoms with Crippen LogP contribution in [0.2, 0.25) is 10.0 Å². The third kappa shape index (κ3) is 3.86. The van der Waals surface area contributed by atoms with Gasteiger partial charge in [-0.25, -0.2) is 4.68 Å². The molecule has 2 amide bonds. The lowest BCUT2D eigenvalue weighted by Gasteiger charge is -2.10. The second-order valence-corrected chi connectivity index (χ2v) is 7.62. The van der Waals surface area contributed by atoms with Crippen molar-refractivity contribution in [2.24, 2.45) is 0 Å². The molecule has 1 aliphatic rings. The summed E-state index contributed by atoms with van der Waals surface area (Å²) in [5.41, 5.74) is 3.17. The fourth-order valence-electron chi connectivity index (χ4n) is 3.43. The molecule has 2 aromatic carbocycles. The number of benzene rings is 2. The molecule has 6 nitrogen and oxygen atoms in total. The average molecular weight is 429 g/mol. The van der Waals surface area contributed by atoms with E-state index in [4.69, 9.17) is 23.2 Å². The Bertz CT molecular complexity index is 1090. The van der Waals surface area contributed by atoms with Gasteiger partial charge in [0.15, 0.2) is 0 Å². The average Bonchev–Trinajstić information content (AvgIpc) is 3.19. The van der Waals surface area contributed by atoms with E-state index >= 15 is 0 Å². The van der Waals surface area contributed by atoms with Crippen molar-refractivity contribution >= 4 is 46.5 Å². The molecule has 1 aromatic heterocycles. The van der Waals surface area contributed by atoms with Crippen LogP contribution in [-0.4, -0.2) is 21.6 Å². The minimum atomic E-state index is -0.712. The van der Waals surface area contributed by atoms with Crippen molar-refractivity contribution < 1.29 is 9.59 Å². The Balaban J connectivity index is 1.61. The van der Waals surface area contributed by atoms with Gasteiger partial charge < -0.3 is 10.6 Å². The van der Waals surface area contributed by atoms with Crippen LogP contribution in [0.25, 0.3) is 11.1 Å². The third-order valence-electron chi connectivity index (χ3n) is 4.78. The first-order chi connectivity index (χ1) is 14.0. The molecule has 148 valence electrons. The van der Waals surface area contributed by atoms with Crippen LogP contribution >= 0.6 is 23.2 Å². The molecule has 0 spiro atoms. The van der Waals surface area contributed by atoms with E-state index < -0.39 is 6.04 Å². The molecule has 0 radical (unpaired) electrons. The number of fused-ring (bicyclic) bond motifs is 1. The van der Waals surface area contributed by atoms with Gasteiger partial charge in [-0.2, -0.15) is 5.10 Å². The van der Waals surface area contributed by atoms with Crippen molar-refractivity contribution in [3.05, 3.63) is 64.3 Å². The highest BCUT2D eigenvalue weighted by Gasteiger charge is 2.36. The van der Waals surface area contributed by atoms with Crippen molar-refractivity contribution in [3.8, 4) is 11.1 Å². The van der Waals surface area contributed by atoms with Gasteiger partial charge in [-0.05, 0) is 48.4 Å². The number of rotatable bonds is 5. The Hall–Kier alpha value is -2.83. The second kappa shape index (κ2) is 7.89. The minimum absolute atomic E-state index is 0.0265. The fourth-order valence-corrected chi connectivity index (χ4v) is 3.75. The summed E-state index contributed by atoms with van der Waals surface area (Å²) in [6.07, 6.45) is 0.655. The number of nitrogens with one attached hydrogen (secondary N) is 2. The monoisotopic (exact) mass is 428 g/mol. The molecule has 3 aromatic rings. The Morgan fingerprint density at radius 2 is 1.93 bits per heavy atom. The van der Waals surface area contributed by atoms with Gasteiger partial charge in [-0.1, -0.05) is 42.3 Å². The number of amides is 2. The third-order valence-corrected chi connectivity index (χ3v) is 5.26. The fraction of sp³-hybridized carbons (Fsp3) is 0.190. The van der Waals surface area contributed by atoms with Crippen LogP contribution in [0.5, 0.6) is 0 Å². The van der Waals surface area contributed by atoms with Crippen molar-refractivity contribution in [2.45, 2.75) is 25.8 Å². The molecule has 8 heteroatoms. The number of hydrogen-bond donors (Lipinski definition) is 2. The van der Waals surface area contributed by atoms with Crippen LogP contribution in [0.15, 0.2) is 48.5 Å². The Morgan fingerprint density at radius 3 is 2.62 bits per heavy atom. The summed E-state index contributed by atoms with van der Waals surface area (Å²) in [5, 5.41) is 11.5. The van der Waals surface area contributed by atoms with Crippen LogP contribution in [0, 0.1) is 0 Å². The zero-order valence-electron chi connectivity index (χ0n) is 15.6. The molecule has 0 saturated heterocycles. The van der Waals surface area contributed by atoms with Crippen LogP contribution < -0.4 is 10.6 Å². The van der Waals surface area contributed by atoms with E-state index in [1.54, 1.807) is 35.0 Å². The largest absolute Gasteiger partial charge is 0.326 e. The maximum absolute atomic E-state index is 12.6. The molecule has 1 aliphatic heterocycles. The normalized spacial score (nSPS) is 15.1. The molecule has 2 heterocycles. The standard InChI is InChI=1S/C21H18Cl2N4O2/c1-2-16-19(12-4-3-5-14(23)10-12)20-25-21(29)17(27(20)26-16)11-18(28)24-15-8-6-13(22)7-9-15/h3-10,17H,2,11H2,1H3,(H,24,28)(H,25,29). The topological polar surface area (TPSA) is 76.0 Å². The van der Waals surface area contributed by atoms with Crippen molar-refractivity contribution in [1.82, 2.24) is 9.78 Å². The number of nitrogens with zero attached hydrogens (tertiary/aromatic N) is 2. The summed E-state index contributed by atoms with van der Waals surface area (Å²) >= 11 is 12.0. The lowest BCUT2D eigenvalue weighted by atomic mass is 10.0. The van der Waals surface area contributed by atoms with Gasteiger partial charge in [-0.15, -0.1) is 0 Å². The van der Waals surface area contributed by atoms with Crippen molar-refractivity contribution in [1.29, 1.82) is 0 Å². The van der Waals surface area contributed by atoms with Crippen LogP contribution in [0.3, 0.4) is 0 Å². The van der Waals surface area contributed by atoms with E-state index in [9.17, 15) is 9.59 Å². The zero-order valence-corrected chi connectivity index (χ0v) is 17.1. The number of carbonyl (C=O) groups excluding carboxylic acids is 2. The maximum atomic E-state index is 12.6. The van der Waals surface area contributed by atoms with Gasteiger partial charge >= 0.3 is 0 Å².